The number of nitrogens with zero attached hydrogens (tertiary/aromatic N) is 2. The third kappa shape index (κ3) is 4.41. The van der Waals surface area contributed by atoms with Gasteiger partial charge in [0.2, 0.25) is 0 Å². The van der Waals surface area contributed by atoms with Crippen LogP contribution in [-0.2, 0) is 6.54 Å². The summed E-state index contributed by atoms with van der Waals surface area (Å²) in [6, 6.07) is 10.4. The molecular weight excluding hydrogens is 262 g/mol. The quantitative estimate of drug-likeness (QED) is 0.859. The van der Waals surface area contributed by atoms with Gasteiger partial charge < -0.3 is 10.4 Å². The van der Waals surface area contributed by atoms with E-state index in [0.29, 0.717) is 0 Å². The topological polar surface area (TPSA) is 50.1 Å². The van der Waals surface area contributed by atoms with Crippen molar-refractivity contribution < 1.29 is 5.11 Å². The Morgan fingerprint density at radius 1 is 1.24 bits per heavy atom. The van der Waals surface area contributed by atoms with Gasteiger partial charge in [-0.3, -0.25) is 0 Å². The summed E-state index contributed by atoms with van der Waals surface area (Å²) in [4.78, 5) is 0. The molecule has 0 saturated heterocycles. The Balaban J connectivity index is 1.99. The van der Waals surface area contributed by atoms with Gasteiger partial charge in [0.15, 0.2) is 0 Å². The minimum Gasteiger partial charge on any atom is -0.396 e. The second-order valence-electron chi connectivity index (χ2n) is 6.44. The smallest absolute Gasteiger partial charge is 0.0645 e. The summed E-state index contributed by atoms with van der Waals surface area (Å²) < 4.78 is 1.88. The maximum atomic E-state index is 9.19. The van der Waals surface area contributed by atoms with Crippen molar-refractivity contribution >= 4 is 0 Å². The van der Waals surface area contributed by atoms with Crippen LogP contribution in [0.4, 0.5) is 0 Å². The Labute approximate surface area is 126 Å². The molecule has 0 bridgehead atoms. The van der Waals surface area contributed by atoms with Crippen molar-refractivity contribution in [1.29, 1.82) is 0 Å². The average Bonchev–Trinajstić information content (AvgIpc) is 2.92. The van der Waals surface area contributed by atoms with E-state index >= 15 is 0 Å². The highest BCUT2D eigenvalue weighted by Crippen LogP contribution is 2.22. The molecule has 0 radical (unpaired) electrons. The number of rotatable bonds is 6. The van der Waals surface area contributed by atoms with Gasteiger partial charge >= 0.3 is 0 Å². The van der Waals surface area contributed by atoms with Gasteiger partial charge in [0.05, 0.1) is 11.9 Å². The van der Waals surface area contributed by atoms with Crippen molar-refractivity contribution in [1.82, 2.24) is 15.1 Å². The number of para-hydroxylation sites is 1. The molecule has 114 valence electrons. The molecule has 1 unspecified atom stereocenters. The van der Waals surface area contributed by atoms with E-state index in [2.05, 4.69) is 31.2 Å². The molecule has 0 aliphatic rings. The monoisotopic (exact) mass is 287 g/mol. The molecule has 1 aromatic carbocycles. The highest BCUT2D eigenvalue weighted by molar-refractivity contribution is 5.30. The van der Waals surface area contributed by atoms with Crippen LogP contribution in [0.15, 0.2) is 42.7 Å². The lowest BCUT2D eigenvalue weighted by molar-refractivity contribution is 0.196. The number of aromatic nitrogens is 2. The minimum atomic E-state index is 0.123. The second-order valence-corrected chi connectivity index (χ2v) is 6.44. The first-order valence-electron chi connectivity index (χ1n) is 7.44. The number of aliphatic hydroxyl groups is 1. The normalized spacial score (nSPS) is 13.3. The number of benzene rings is 1. The molecule has 0 aliphatic heterocycles. The molecule has 0 amide bonds. The maximum Gasteiger partial charge on any atom is 0.0645 e. The lowest BCUT2D eigenvalue weighted by Gasteiger charge is -2.31. The summed E-state index contributed by atoms with van der Waals surface area (Å²) in [7, 11) is 0. The molecule has 2 aromatic rings. The Morgan fingerprint density at radius 3 is 2.57 bits per heavy atom. The van der Waals surface area contributed by atoms with Crippen LogP contribution in [0.25, 0.3) is 5.69 Å². The van der Waals surface area contributed by atoms with Crippen LogP contribution in [0, 0.1) is 5.41 Å². The lowest BCUT2D eigenvalue weighted by atomic mass is 9.85. The summed E-state index contributed by atoms with van der Waals surface area (Å²) in [5.74, 6) is 0. The predicted octanol–water partition coefficient (Wildman–Crippen LogP) is 2.76. The largest absolute Gasteiger partial charge is 0.396 e. The fourth-order valence-electron chi connectivity index (χ4n) is 2.38. The zero-order valence-corrected chi connectivity index (χ0v) is 13.1. The number of nitrogens with one attached hydrogen (secondary N) is 1. The molecule has 1 aromatic heterocycles. The SMILES string of the molecule is CC(C)(C)C(CCO)NCc1cnn(-c2ccccc2)c1. The molecular formula is C17H25N3O. The average molecular weight is 287 g/mol. The van der Waals surface area contributed by atoms with Crippen LogP contribution in [0.2, 0.25) is 0 Å². The fraction of sp³-hybridized carbons (Fsp3) is 0.471. The zero-order valence-electron chi connectivity index (χ0n) is 13.1. The predicted molar refractivity (Wildman–Crippen MR) is 85.3 cm³/mol. The van der Waals surface area contributed by atoms with Crippen molar-refractivity contribution in [3.63, 3.8) is 0 Å². The molecule has 0 aliphatic carbocycles. The van der Waals surface area contributed by atoms with E-state index in [1.54, 1.807) is 0 Å². The Bertz CT molecular complexity index is 543. The molecule has 0 saturated carbocycles. The zero-order chi connectivity index (χ0) is 15.3. The van der Waals surface area contributed by atoms with Crippen LogP contribution in [0.5, 0.6) is 0 Å². The molecule has 2 N–H and O–H groups in total. The first-order chi connectivity index (χ1) is 10.0. The summed E-state index contributed by atoms with van der Waals surface area (Å²) >= 11 is 0. The molecule has 4 heteroatoms. The van der Waals surface area contributed by atoms with Gasteiger partial charge in [0.1, 0.15) is 0 Å². The van der Waals surface area contributed by atoms with Gasteiger partial charge in [0.25, 0.3) is 0 Å². The Morgan fingerprint density at radius 2 is 1.95 bits per heavy atom. The van der Waals surface area contributed by atoms with Crippen molar-refractivity contribution in [3.05, 3.63) is 48.3 Å². The van der Waals surface area contributed by atoms with Gasteiger partial charge in [-0.15, -0.1) is 0 Å². The highest BCUT2D eigenvalue weighted by atomic mass is 16.3. The lowest BCUT2D eigenvalue weighted by Crippen LogP contribution is -2.40. The third-order valence-corrected chi connectivity index (χ3v) is 3.67. The summed E-state index contributed by atoms with van der Waals surface area (Å²) in [5, 5.41) is 17.1. The summed E-state index contributed by atoms with van der Waals surface area (Å²) in [5.41, 5.74) is 2.33. The van der Waals surface area contributed by atoms with Crippen LogP contribution >= 0.6 is 0 Å². The van der Waals surface area contributed by atoms with E-state index in [4.69, 9.17) is 0 Å². The fourth-order valence-corrected chi connectivity index (χ4v) is 2.38. The van der Waals surface area contributed by atoms with Gasteiger partial charge in [0, 0.05) is 31.0 Å². The van der Waals surface area contributed by atoms with E-state index in [1.807, 2.05) is 47.4 Å². The second kappa shape index (κ2) is 6.87. The molecule has 21 heavy (non-hydrogen) atoms. The van der Waals surface area contributed by atoms with E-state index < -0.39 is 0 Å². The van der Waals surface area contributed by atoms with Crippen LogP contribution < -0.4 is 5.32 Å². The molecule has 1 heterocycles. The number of hydrogen-bond donors (Lipinski definition) is 2. The third-order valence-electron chi connectivity index (χ3n) is 3.67. The van der Waals surface area contributed by atoms with E-state index in [-0.39, 0.29) is 18.1 Å². The van der Waals surface area contributed by atoms with Gasteiger partial charge in [-0.1, -0.05) is 39.0 Å². The molecule has 1 atom stereocenters. The van der Waals surface area contributed by atoms with Crippen LogP contribution in [0.1, 0.15) is 32.8 Å². The van der Waals surface area contributed by atoms with Gasteiger partial charge in [-0.2, -0.15) is 5.10 Å². The van der Waals surface area contributed by atoms with Gasteiger partial charge in [-0.25, -0.2) is 4.68 Å². The highest BCUT2D eigenvalue weighted by Gasteiger charge is 2.23. The van der Waals surface area contributed by atoms with Crippen molar-refractivity contribution in [2.24, 2.45) is 5.41 Å². The van der Waals surface area contributed by atoms with Crippen molar-refractivity contribution in [2.45, 2.75) is 39.8 Å². The standard InChI is InChI=1S/C17H25N3O/c1-17(2,3)16(9-10-21)18-11-14-12-19-20(13-14)15-7-5-4-6-8-15/h4-8,12-13,16,18,21H,9-11H2,1-3H3. The first-order valence-corrected chi connectivity index (χ1v) is 7.44. The molecule has 4 nitrogen and oxygen atoms in total. The number of aliphatic hydroxyl groups excluding tert-OH is 1. The first kappa shape index (κ1) is 15.7. The Hall–Kier alpha value is -1.65. The van der Waals surface area contributed by atoms with Crippen LogP contribution in [0.3, 0.4) is 0 Å². The summed E-state index contributed by atoms with van der Waals surface area (Å²) in [6.07, 6.45) is 4.69. The maximum absolute atomic E-state index is 9.19. The summed E-state index contributed by atoms with van der Waals surface area (Å²) in [6.45, 7) is 7.53. The van der Waals surface area contributed by atoms with Crippen molar-refractivity contribution in [2.75, 3.05) is 6.61 Å². The van der Waals surface area contributed by atoms with E-state index in [9.17, 15) is 5.11 Å². The molecule has 0 fully saturated rings. The minimum absolute atomic E-state index is 0.123. The van der Waals surface area contributed by atoms with E-state index in [0.717, 1.165) is 24.2 Å². The Kier molecular flexibility index (Phi) is 5.15. The molecule has 2 rings (SSSR count). The van der Waals surface area contributed by atoms with Crippen LogP contribution in [-0.4, -0.2) is 27.5 Å². The molecule has 0 spiro atoms. The van der Waals surface area contributed by atoms with Gasteiger partial charge in [-0.05, 0) is 24.0 Å². The number of hydrogen-bond acceptors (Lipinski definition) is 3. The van der Waals surface area contributed by atoms with E-state index in [1.165, 1.54) is 0 Å². The van der Waals surface area contributed by atoms with Crippen molar-refractivity contribution in [3.8, 4) is 5.69 Å².